The summed E-state index contributed by atoms with van der Waals surface area (Å²) in [5, 5.41) is 3.22. The molecule has 0 nitrogen and oxygen atoms in total. The van der Waals surface area contributed by atoms with Gasteiger partial charge >= 0.3 is 0 Å². The number of fused-ring (bicyclic) bond motifs is 1. The number of hydrogen-bond donors (Lipinski definition) is 0. The van der Waals surface area contributed by atoms with Crippen LogP contribution in [0.15, 0.2) is 50.7 Å². The van der Waals surface area contributed by atoms with Crippen LogP contribution in [0.5, 0.6) is 0 Å². The summed E-state index contributed by atoms with van der Waals surface area (Å²) in [4.78, 5) is -0.180. The smallest absolute Gasteiger partial charge is 0.129 e. The lowest BCUT2D eigenvalue weighted by Crippen LogP contribution is -1.97. The van der Waals surface area contributed by atoms with E-state index in [1.165, 1.54) is 10.8 Å². The van der Waals surface area contributed by atoms with Gasteiger partial charge in [0.05, 0.1) is 4.83 Å². The zero-order valence-electron chi connectivity index (χ0n) is 10.0. The van der Waals surface area contributed by atoms with Crippen molar-refractivity contribution in [3.05, 3.63) is 67.7 Å². The Kier molecular flexibility index (Phi) is 4.32. The minimum Gasteiger partial charge on any atom is -0.207 e. The van der Waals surface area contributed by atoms with Crippen LogP contribution < -0.4 is 0 Å². The van der Waals surface area contributed by atoms with Crippen LogP contribution in [0, 0.1) is 5.82 Å². The van der Waals surface area contributed by atoms with E-state index in [-0.39, 0.29) is 10.6 Å². The molecule has 0 aliphatic heterocycles. The highest BCUT2D eigenvalue weighted by Gasteiger charge is 2.21. The molecule has 102 valence electrons. The number of halogens is 4. The lowest BCUT2D eigenvalue weighted by atomic mass is 10.0. The van der Waals surface area contributed by atoms with E-state index in [2.05, 4.69) is 59.2 Å². The maximum Gasteiger partial charge on any atom is 0.129 e. The highest BCUT2D eigenvalue weighted by molar-refractivity contribution is 9.11. The second kappa shape index (κ2) is 5.87. The second-order valence-electron chi connectivity index (χ2n) is 4.31. The lowest BCUT2D eigenvalue weighted by Gasteiger charge is -2.13. The predicted molar refractivity (Wildman–Crippen MR) is 94.4 cm³/mol. The van der Waals surface area contributed by atoms with Crippen LogP contribution in [0.25, 0.3) is 10.1 Å². The van der Waals surface area contributed by atoms with Gasteiger partial charge in [-0.2, -0.15) is 0 Å². The van der Waals surface area contributed by atoms with Crippen molar-refractivity contribution in [1.82, 2.24) is 0 Å². The number of benzene rings is 2. The average Bonchev–Trinajstić information content (AvgIpc) is 2.83. The maximum absolute atomic E-state index is 14.1. The summed E-state index contributed by atoms with van der Waals surface area (Å²) in [6, 6.07) is 11.1. The Morgan fingerprint density at radius 2 is 1.70 bits per heavy atom. The molecular weight excluding hydrogens is 471 g/mol. The van der Waals surface area contributed by atoms with Crippen molar-refractivity contribution in [2.24, 2.45) is 0 Å². The number of rotatable bonds is 2. The van der Waals surface area contributed by atoms with Crippen LogP contribution in [-0.4, -0.2) is 0 Å². The summed E-state index contributed by atoms with van der Waals surface area (Å²) in [6.07, 6.45) is 0. The van der Waals surface area contributed by atoms with Crippen LogP contribution in [0.3, 0.4) is 0 Å². The Hall–Kier alpha value is -0.230. The minimum atomic E-state index is -0.212. The van der Waals surface area contributed by atoms with E-state index >= 15 is 0 Å². The third kappa shape index (κ3) is 2.49. The Bertz CT molecular complexity index is 762. The first-order valence-corrected chi connectivity index (χ1v) is 9.21. The summed E-state index contributed by atoms with van der Waals surface area (Å²) in [6.45, 7) is 0. The fourth-order valence-corrected chi connectivity index (χ4v) is 5.69. The van der Waals surface area contributed by atoms with Gasteiger partial charge in [-0.3, -0.25) is 0 Å². The Balaban J connectivity index is 2.18. The van der Waals surface area contributed by atoms with E-state index in [4.69, 9.17) is 0 Å². The molecular formula is C15H8Br3FS. The lowest BCUT2D eigenvalue weighted by molar-refractivity contribution is 0.612. The molecule has 0 amide bonds. The molecule has 1 unspecified atom stereocenters. The van der Waals surface area contributed by atoms with Gasteiger partial charge in [-0.15, -0.1) is 11.3 Å². The molecule has 0 saturated heterocycles. The summed E-state index contributed by atoms with van der Waals surface area (Å²) < 4.78 is 17.1. The monoisotopic (exact) mass is 476 g/mol. The van der Waals surface area contributed by atoms with Crippen molar-refractivity contribution in [3.8, 4) is 0 Å². The van der Waals surface area contributed by atoms with Gasteiger partial charge in [-0.25, -0.2) is 4.39 Å². The Morgan fingerprint density at radius 1 is 1.00 bits per heavy atom. The predicted octanol–water partition coefficient (Wildman–Crippen LogP) is 7.05. The fraction of sp³-hybridized carbons (Fsp3) is 0.0667. The fourth-order valence-electron chi connectivity index (χ4n) is 2.15. The van der Waals surface area contributed by atoms with Crippen molar-refractivity contribution in [2.75, 3.05) is 0 Å². The number of alkyl halides is 1. The summed E-state index contributed by atoms with van der Waals surface area (Å²) in [5.41, 5.74) is 1.71. The van der Waals surface area contributed by atoms with Crippen molar-refractivity contribution < 1.29 is 4.39 Å². The molecule has 0 radical (unpaired) electrons. The van der Waals surface area contributed by atoms with Crippen molar-refractivity contribution in [1.29, 1.82) is 0 Å². The highest BCUT2D eigenvalue weighted by Crippen LogP contribution is 2.43. The maximum atomic E-state index is 14.1. The SMILES string of the molecule is Fc1cccc(Br)c1C(Br)c1csc2c(Br)cccc12. The average molecular weight is 479 g/mol. The number of hydrogen-bond acceptors (Lipinski definition) is 1. The quantitative estimate of drug-likeness (QED) is 0.346. The van der Waals surface area contributed by atoms with Gasteiger partial charge in [0.1, 0.15) is 5.82 Å². The molecule has 0 aliphatic rings. The van der Waals surface area contributed by atoms with Gasteiger partial charge in [0, 0.05) is 19.2 Å². The van der Waals surface area contributed by atoms with Crippen LogP contribution in [-0.2, 0) is 0 Å². The first-order valence-electron chi connectivity index (χ1n) is 5.83. The van der Waals surface area contributed by atoms with Crippen LogP contribution in [0.4, 0.5) is 4.39 Å². The molecule has 0 saturated carbocycles. The molecule has 0 spiro atoms. The first kappa shape index (κ1) is 14.7. The Labute approximate surface area is 145 Å². The molecule has 0 fully saturated rings. The molecule has 1 heterocycles. The molecule has 0 N–H and O–H groups in total. The van der Waals surface area contributed by atoms with Crippen molar-refractivity contribution in [3.63, 3.8) is 0 Å². The summed E-state index contributed by atoms with van der Waals surface area (Å²) >= 11 is 12.3. The summed E-state index contributed by atoms with van der Waals surface area (Å²) in [5.74, 6) is -0.212. The van der Waals surface area contributed by atoms with Gasteiger partial charge in [0.15, 0.2) is 0 Å². The van der Waals surface area contributed by atoms with Crippen molar-refractivity contribution >= 4 is 69.2 Å². The molecule has 5 heteroatoms. The van der Waals surface area contributed by atoms with Crippen LogP contribution in [0.2, 0.25) is 0 Å². The molecule has 0 bridgehead atoms. The standard InChI is InChI=1S/C15H8Br3FS/c16-10-4-2-6-12(19)13(10)14(18)9-7-20-15-8(9)3-1-5-11(15)17/h1-7,14H. The minimum absolute atomic E-state index is 0.180. The first-order chi connectivity index (χ1) is 9.59. The van der Waals surface area contributed by atoms with Gasteiger partial charge < -0.3 is 0 Å². The van der Waals surface area contributed by atoms with E-state index < -0.39 is 0 Å². The topological polar surface area (TPSA) is 0 Å². The van der Waals surface area contributed by atoms with Crippen LogP contribution in [0.1, 0.15) is 16.0 Å². The second-order valence-corrected chi connectivity index (χ2v) is 7.81. The molecule has 2 aromatic carbocycles. The Morgan fingerprint density at radius 3 is 2.45 bits per heavy atom. The van der Waals surface area contributed by atoms with E-state index in [1.54, 1.807) is 17.4 Å². The largest absolute Gasteiger partial charge is 0.207 e. The third-order valence-electron chi connectivity index (χ3n) is 3.11. The van der Waals surface area contributed by atoms with E-state index in [1.807, 2.05) is 18.2 Å². The molecule has 3 rings (SSSR count). The van der Waals surface area contributed by atoms with E-state index in [9.17, 15) is 4.39 Å². The molecule has 20 heavy (non-hydrogen) atoms. The van der Waals surface area contributed by atoms with Gasteiger partial charge in [-0.05, 0) is 50.5 Å². The van der Waals surface area contributed by atoms with Gasteiger partial charge in [0.2, 0.25) is 0 Å². The zero-order valence-corrected chi connectivity index (χ0v) is 15.6. The molecule has 3 aromatic rings. The highest BCUT2D eigenvalue weighted by atomic mass is 79.9. The summed E-state index contributed by atoms with van der Waals surface area (Å²) in [7, 11) is 0. The van der Waals surface area contributed by atoms with E-state index in [0.29, 0.717) is 5.56 Å². The van der Waals surface area contributed by atoms with E-state index in [0.717, 1.165) is 19.9 Å². The third-order valence-corrected chi connectivity index (χ3v) is 6.72. The number of thiophene rings is 1. The van der Waals surface area contributed by atoms with Crippen LogP contribution >= 0.6 is 59.1 Å². The van der Waals surface area contributed by atoms with Gasteiger partial charge in [-0.1, -0.05) is 50.1 Å². The zero-order chi connectivity index (χ0) is 14.3. The molecule has 0 aliphatic carbocycles. The van der Waals surface area contributed by atoms with Gasteiger partial charge in [0.25, 0.3) is 0 Å². The molecule has 1 atom stereocenters. The normalized spacial score (nSPS) is 12.8. The van der Waals surface area contributed by atoms with Crippen molar-refractivity contribution in [2.45, 2.75) is 4.83 Å². The molecule has 1 aromatic heterocycles.